The fourth-order valence-electron chi connectivity index (χ4n) is 5.43. The number of carbonyl (C=O) groups is 2. The zero-order valence-corrected chi connectivity index (χ0v) is 21.9. The number of anilines is 1. The molecule has 2 aliphatic heterocycles. The van der Waals surface area contributed by atoms with Crippen LogP contribution < -0.4 is 10.6 Å². The summed E-state index contributed by atoms with van der Waals surface area (Å²) in [7, 11) is 1.84. The summed E-state index contributed by atoms with van der Waals surface area (Å²) in [6.07, 6.45) is 9.39. The number of carboxylic acids is 1. The van der Waals surface area contributed by atoms with Crippen molar-refractivity contribution in [3.05, 3.63) is 65.6 Å². The predicted molar refractivity (Wildman–Crippen MR) is 146 cm³/mol. The lowest BCUT2D eigenvalue weighted by atomic mass is 10.00. The Labute approximate surface area is 223 Å². The number of fused-ring (bicyclic) bond motifs is 1. The number of aromatic nitrogens is 3. The van der Waals surface area contributed by atoms with E-state index < -0.39 is 12.0 Å². The molecule has 4 heterocycles. The smallest absolute Gasteiger partial charge is 0.326 e. The molecule has 1 aromatic carbocycles. The molecule has 3 aromatic rings. The van der Waals surface area contributed by atoms with Crippen molar-refractivity contribution in [3.8, 4) is 11.1 Å². The van der Waals surface area contributed by atoms with Crippen LogP contribution in [-0.2, 0) is 24.7 Å². The predicted octanol–water partition coefficient (Wildman–Crippen LogP) is 3.37. The fourth-order valence-corrected chi connectivity index (χ4v) is 5.43. The molecule has 1 amide bonds. The van der Waals surface area contributed by atoms with Crippen molar-refractivity contribution in [2.75, 3.05) is 31.5 Å². The Bertz CT molecular complexity index is 1290. The van der Waals surface area contributed by atoms with Crippen molar-refractivity contribution in [2.45, 2.75) is 44.6 Å². The molecule has 2 atom stereocenters. The van der Waals surface area contributed by atoms with Crippen LogP contribution in [0.5, 0.6) is 0 Å². The Balaban J connectivity index is 1.10. The average Bonchev–Trinajstić information content (AvgIpc) is 3.58. The Morgan fingerprint density at radius 2 is 2.13 bits per heavy atom. The first-order valence-electron chi connectivity index (χ1n) is 13.5. The van der Waals surface area contributed by atoms with Crippen molar-refractivity contribution in [3.63, 3.8) is 0 Å². The second kappa shape index (κ2) is 11.8. The van der Waals surface area contributed by atoms with Gasteiger partial charge in [0.2, 0.25) is 0 Å². The molecule has 0 unspecified atom stereocenters. The van der Waals surface area contributed by atoms with Crippen LogP contribution in [0.2, 0.25) is 0 Å². The fraction of sp³-hybridized carbons (Fsp3) is 0.448. The van der Waals surface area contributed by atoms with Crippen LogP contribution in [0.1, 0.15) is 47.3 Å². The average molecular weight is 517 g/mol. The Kier molecular flexibility index (Phi) is 8.03. The quantitative estimate of drug-likeness (QED) is 0.379. The maximum Gasteiger partial charge on any atom is 0.326 e. The number of carboxylic acid groups (broad SMARTS) is 1. The van der Waals surface area contributed by atoms with E-state index in [0.29, 0.717) is 24.4 Å². The maximum absolute atomic E-state index is 12.9. The van der Waals surface area contributed by atoms with E-state index in [2.05, 4.69) is 32.8 Å². The van der Waals surface area contributed by atoms with Gasteiger partial charge in [0.25, 0.3) is 5.91 Å². The van der Waals surface area contributed by atoms with Gasteiger partial charge in [-0.1, -0.05) is 18.2 Å². The topological polar surface area (TPSA) is 112 Å². The number of hydrogen-bond acceptors (Lipinski definition) is 6. The highest BCUT2D eigenvalue weighted by molar-refractivity contribution is 5.97. The van der Waals surface area contributed by atoms with E-state index in [1.54, 1.807) is 29.1 Å². The molecule has 0 aliphatic carbocycles. The third-order valence-corrected chi connectivity index (χ3v) is 7.63. The van der Waals surface area contributed by atoms with Gasteiger partial charge in [-0.05, 0) is 80.3 Å². The lowest BCUT2D eigenvalue weighted by Gasteiger charge is -2.20. The summed E-state index contributed by atoms with van der Waals surface area (Å²) >= 11 is 0. The van der Waals surface area contributed by atoms with Gasteiger partial charge in [0.15, 0.2) is 0 Å². The normalized spacial score (nSPS) is 18.0. The number of nitrogens with zero attached hydrogens (tertiary/aromatic N) is 4. The van der Waals surface area contributed by atoms with E-state index in [4.69, 9.17) is 4.98 Å². The third-order valence-electron chi connectivity index (χ3n) is 7.63. The van der Waals surface area contributed by atoms with Gasteiger partial charge < -0.3 is 20.6 Å². The SMILES string of the molecule is Cn1cc(-c2cccc(C(=O)N[C@H](CCN3CC[C@@H](CCc4ccc5c(n4)NCCC5)C3)C(=O)O)c2)cn1. The van der Waals surface area contributed by atoms with Gasteiger partial charge in [-0.3, -0.25) is 9.48 Å². The molecule has 2 aliphatic rings. The number of benzene rings is 1. The Morgan fingerprint density at radius 1 is 1.24 bits per heavy atom. The number of amides is 1. The number of hydrogen-bond donors (Lipinski definition) is 3. The van der Waals surface area contributed by atoms with E-state index in [1.807, 2.05) is 19.3 Å². The summed E-state index contributed by atoms with van der Waals surface area (Å²) in [6.45, 7) is 3.55. The van der Waals surface area contributed by atoms with E-state index in [1.165, 1.54) is 5.56 Å². The number of aryl methyl sites for hydroxylation is 3. The summed E-state index contributed by atoms with van der Waals surface area (Å²) in [5, 5.41) is 20.1. The summed E-state index contributed by atoms with van der Waals surface area (Å²) in [5.74, 6) is 0.236. The second-order valence-electron chi connectivity index (χ2n) is 10.5. The van der Waals surface area contributed by atoms with Crippen LogP contribution >= 0.6 is 0 Å². The summed E-state index contributed by atoms with van der Waals surface area (Å²) in [4.78, 5) is 31.9. The number of rotatable bonds is 10. The van der Waals surface area contributed by atoms with E-state index in [9.17, 15) is 14.7 Å². The molecule has 9 nitrogen and oxygen atoms in total. The molecule has 38 heavy (non-hydrogen) atoms. The van der Waals surface area contributed by atoms with E-state index in [-0.39, 0.29) is 5.91 Å². The van der Waals surface area contributed by atoms with E-state index in [0.717, 1.165) is 74.4 Å². The molecule has 2 aromatic heterocycles. The monoisotopic (exact) mass is 516 g/mol. The van der Waals surface area contributed by atoms with Crippen LogP contribution in [0.15, 0.2) is 48.8 Å². The van der Waals surface area contributed by atoms with Gasteiger partial charge in [0.05, 0.1) is 6.20 Å². The van der Waals surface area contributed by atoms with Gasteiger partial charge >= 0.3 is 5.97 Å². The van der Waals surface area contributed by atoms with Gasteiger partial charge in [-0.25, -0.2) is 9.78 Å². The maximum atomic E-state index is 12.9. The van der Waals surface area contributed by atoms with Crippen LogP contribution in [-0.4, -0.2) is 68.9 Å². The van der Waals surface area contributed by atoms with Crippen molar-refractivity contribution in [1.29, 1.82) is 0 Å². The Morgan fingerprint density at radius 3 is 2.95 bits per heavy atom. The largest absolute Gasteiger partial charge is 0.480 e. The minimum Gasteiger partial charge on any atom is -0.480 e. The van der Waals surface area contributed by atoms with Crippen LogP contribution in [0.4, 0.5) is 5.82 Å². The molecule has 1 fully saturated rings. The summed E-state index contributed by atoms with van der Waals surface area (Å²) < 4.78 is 1.70. The first-order chi connectivity index (χ1) is 18.4. The molecule has 1 saturated heterocycles. The third kappa shape index (κ3) is 6.39. The first-order valence-corrected chi connectivity index (χ1v) is 13.5. The second-order valence-corrected chi connectivity index (χ2v) is 10.5. The van der Waals surface area contributed by atoms with E-state index >= 15 is 0 Å². The molecule has 200 valence electrons. The zero-order chi connectivity index (χ0) is 26.5. The highest BCUT2D eigenvalue weighted by Crippen LogP contribution is 2.24. The van der Waals surface area contributed by atoms with Crippen LogP contribution in [0.25, 0.3) is 11.1 Å². The van der Waals surface area contributed by atoms with Crippen LogP contribution in [0.3, 0.4) is 0 Å². The van der Waals surface area contributed by atoms with Gasteiger partial charge in [-0.2, -0.15) is 5.10 Å². The lowest BCUT2D eigenvalue weighted by Crippen LogP contribution is -2.43. The Hall–Kier alpha value is -3.72. The minimum atomic E-state index is -1.01. The van der Waals surface area contributed by atoms with Crippen LogP contribution in [0, 0.1) is 5.92 Å². The number of aliphatic carboxylic acids is 1. The molecule has 0 spiro atoms. The first kappa shape index (κ1) is 25.9. The number of likely N-dealkylation sites (tertiary alicyclic amines) is 1. The highest BCUT2D eigenvalue weighted by Gasteiger charge is 2.26. The van der Waals surface area contributed by atoms with Crippen molar-refractivity contribution in [1.82, 2.24) is 25.0 Å². The number of pyridine rings is 1. The molecule has 3 N–H and O–H groups in total. The van der Waals surface area contributed by atoms with Gasteiger partial charge in [0, 0.05) is 49.7 Å². The zero-order valence-electron chi connectivity index (χ0n) is 21.9. The molecule has 0 bridgehead atoms. The number of carbonyl (C=O) groups excluding carboxylic acids is 1. The van der Waals surface area contributed by atoms with Gasteiger partial charge in [0.1, 0.15) is 11.9 Å². The standard InChI is InChI=1S/C29H36N6O3/c1-34-19-24(17-31-34)22-4-2-5-23(16-22)28(36)33-26(29(37)38)12-15-35-14-11-20(18-35)7-9-25-10-8-21-6-3-13-30-27(21)32-25/h2,4-5,8,10,16-17,19-20,26H,3,6-7,9,11-15,18H2,1H3,(H,30,32)(H,33,36)(H,37,38)/t20-,26-/m1/s1. The molecular formula is C29H36N6O3. The van der Waals surface area contributed by atoms with Gasteiger partial charge in [-0.15, -0.1) is 0 Å². The van der Waals surface area contributed by atoms with Crippen molar-refractivity contribution >= 4 is 17.7 Å². The molecule has 9 heteroatoms. The minimum absolute atomic E-state index is 0.369. The van der Waals surface area contributed by atoms with Crippen molar-refractivity contribution < 1.29 is 14.7 Å². The lowest BCUT2D eigenvalue weighted by molar-refractivity contribution is -0.139. The summed E-state index contributed by atoms with van der Waals surface area (Å²) in [5.41, 5.74) is 4.65. The van der Waals surface area contributed by atoms with Crippen molar-refractivity contribution in [2.24, 2.45) is 13.0 Å². The summed E-state index contributed by atoms with van der Waals surface area (Å²) in [6, 6.07) is 10.6. The molecule has 5 rings (SSSR count). The molecule has 0 radical (unpaired) electrons. The number of nitrogens with one attached hydrogen (secondary N) is 2. The molecular weight excluding hydrogens is 480 g/mol. The molecule has 0 saturated carbocycles. The highest BCUT2D eigenvalue weighted by atomic mass is 16.4.